The molecule has 3 rings (SSSR count). The van der Waals surface area contributed by atoms with E-state index in [-0.39, 0.29) is 5.91 Å². The van der Waals surface area contributed by atoms with Crippen molar-refractivity contribution in [1.29, 1.82) is 0 Å². The van der Waals surface area contributed by atoms with Crippen molar-refractivity contribution in [2.45, 2.75) is 6.92 Å². The van der Waals surface area contributed by atoms with Gasteiger partial charge in [0.1, 0.15) is 0 Å². The van der Waals surface area contributed by atoms with Crippen molar-refractivity contribution in [3.8, 4) is 11.3 Å². The Kier molecular flexibility index (Phi) is 4.64. The van der Waals surface area contributed by atoms with Crippen molar-refractivity contribution in [2.24, 2.45) is 0 Å². The van der Waals surface area contributed by atoms with Crippen LogP contribution in [0.4, 0.5) is 5.69 Å². The molecule has 1 heterocycles. The molecule has 1 amide bonds. The van der Waals surface area contributed by atoms with Gasteiger partial charge in [-0.05, 0) is 30.7 Å². The van der Waals surface area contributed by atoms with E-state index in [2.05, 4.69) is 10.3 Å². The number of nitrogens with one attached hydrogen (secondary N) is 1. The molecule has 4 heteroatoms. The SMILES string of the molecule is Cc1nc(-c2ccc(NC(=O)/C=C/c3ccccc3)cc2)cs1. The summed E-state index contributed by atoms with van der Waals surface area (Å²) in [5, 5.41) is 5.93. The standard InChI is InChI=1S/C19H16N2OS/c1-14-20-18(13-23-14)16-8-10-17(11-9-16)21-19(22)12-7-15-5-3-2-4-6-15/h2-13H,1H3,(H,21,22)/b12-7+. The number of benzene rings is 2. The zero-order chi connectivity index (χ0) is 16.1. The summed E-state index contributed by atoms with van der Waals surface area (Å²) in [7, 11) is 0. The lowest BCUT2D eigenvalue weighted by atomic mass is 10.1. The van der Waals surface area contributed by atoms with E-state index >= 15 is 0 Å². The molecule has 0 atom stereocenters. The Morgan fingerprint density at radius 2 is 1.83 bits per heavy atom. The molecule has 0 saturated heterocycles. The Hall–Kier alpha value is -2.72. The van der Waals surface area contributed by atoms with Crippen LogP contribution in [0.3, 0.4) is 0 Å². The molecule has 0 bridgehead atoms. The Labute approximate surface area is 139 Å². The second kappa shape index (κ2) is 7.03. The van der Waals surface area contributed by atoms with Crippen molar-refractivity contribution in [2.75, 3.05) is 5.32 Å². The highest BCUT2D eigenvalue weighted by atomic mass is 32.1. The van der Waals surface area contributed by atoms with E-state index in [0.717, 1.165) is 27.5 Å². The van der Waals surface area contributed by atoms with E-state index in [9.17, 15) is 4.79 Å². The van der Waals surface area contributed by atoms with E-state index < -0.39 is 0 Å². The van der Waals surface area contributed by atoms with E-state index in [1.807, 2.05) is 66.9 Å². The first-order valence-corrected chi connectivity index (χ1v) is 8.15. The lowest BCUT2D eigenvalue weighted by Crippen LogP contribution is -2.07. The van der Waals surface area contributed by atoms with Crippen molar-refractivity contribution < 1.29 is 4.79 Å². The molecule has 1 N–H and O–H groups in total. The minimum Gasteiger partial charge on any atom is -0.323 e. The summed E-state index contributed by atoms with van der Waals surface area (Å²) in [6.07, 6.45) is 3.33. The van der Waals surface area contributed by atoms with Crippen LogP contribution in [-0.4, -0.2) is 10.9 Å². The Bertz CT molecular complexity index is 820. The Morgan fingerprint density at radius 3 is 2.48 bits per heavy atom. The highest BCUT2D eigenvalue weighted by molar-refractivity contribution is 7.09. The molecule has 2 aromatic carbocycles. The molecule has 0 saturated carbocycles. The van der Waals surface area contributed by atoms with Gasteiger partial charge in [-0.25, -0.2) is 4.98 Å². The van der Waals surface area contributed by atoms with Crippen LogP contribution in [0, 0.1) is 6.92 Å². The zero-order valence-electron chi connectivity index (χ0n) is 12.7. The lowest BCUT2D eigenvalue weighted by Gasteiger charge is -2.03. The van der Waals surface area contributed by atoms with E-state index in [0.29, 0.717) is 0 Å². The molecular formula is C19H16N2OS. The van der Waals surface area contributed by atoms with Crippen LogP contribution in [0.5, 0.6) is 0 Å². The van der Waals surface area contributed by atoms with Crippen molar-refractivity contribution in [3.63, 3.8) is 0 Å². The third-order valence-corrected chi connectivity index (χ3v) is 4.07. The van der Waals surface area contributed by atoms with Gasteiger partial charge in [-0.15, -0.1) is 11.3 Å². The van der Waals surface area contributed by atoms with Gasteiger partial charge in [-0.1, -0.05) is 42.5 Å². The summed E-state index contributed by atoms with van der Waals surface area (Å²) in [5.41, 5.74) is 3.78. The first kappa shape index (κ1) is 15.2. The van der Waals surface area contributed by atoms with Crippen molar-refractivity contribution >= 4 is 29.0 Å². The second-order valence-corrected chi connectivity index (χ2v) is 6.12. The fourth-order valence-corrected chi connectivity index (χ4v) is 2.76. The summed E-state index contributed by atoms with van der Waals surface area (Å²) >= 11 is 1.63. The normalized spacial score (nSPS) is 10.8. The highest BCUT2D eigenvalue weighted by Gasteiger charge is 2.03. The average molecular weight is 320 g/mol. The van der Waals surface area contributed by atoms with Crippen LogP contribution in [0.2, 0.25) is 0 Å². The van der Waals surface area contributed by atoms with Crippen LogP contribution in [0.25, 0.3) is 17.3 Å². The summed E-state index contributed by atoms with van der Waals surface area (Å²) in [6.45, 7) is 1.99. The molecule has 3 aromatic rings. The van der Waals surface area contributed by atoms with Gasteiger partial charge < -0.3 is 5.32 Å². The maximum atomic E-state index is 11.9. The second-order valence-electron chi connectivity index (χ2n) is 5.06. The summed E-state index contributed by atoms with van der Waals surface area (Å²) in [6, 6.07) is 17.4. The number of aryl methyl sites for hydroxylation is 1. The third-order valence-electron chi connectivity index (χ3n) is 3.29. The quantitative estimate of drug-likeness (QED) is 0.704. The lowest BCUT2D eigenvalue weighted by molar-refractivity contribution is -0.111. The van der Waals surface area contributed by atoms with Crippen LogP contribution >= 0.6 is 11.3 Å². The molecule has 0 aliphatic heterocycles. The van der Waals surface area contributed by atoms with Gasteiger partial charge in [-0.3, -0.25) is 4.79 Å². The van der Waals surface area contributed by atoms with Crippen LogP contribution in [0.15, 0.2) is 66.1 Å². The monoisotopic (exact) mass is 320 g/mol. The zero-order valence-corrected chi connectivity index (χ0v) is 13.5. The molecule has 0 fully saturated rings. The molecule has 114 valence electrons. The number of nitrogens with zero attached hydrogens (tertiary/aromatic N) is 1. The molecule has 23 heavy (non-hydrogen) atoms. The summed E-state index contributed by atoms with van der Waals surface area (Å²) < 4.78 is 0. The van der Waals surface area contributed by atoms with Crippen LogP contribution in [-0.2, 0) is 4.79 Å². The van der Waals surface area contributed by atoms with Crippen molar-refractivity contribution in [1.82, 2.24) is 4.98 Å². The number of carbonyl (C=O) groups excluding carboxylic acids is 1. The molecule has 0 aliphatic rings. The number of rotatable bonds is 4. The summed E-state index contributed by atoms with van der Waals surface area (Å²) in [5.74, 6) is -0.147. The number of hydrogen-bond donors (Lipinski definition) is 1. The number of anilines is 1. The van der Waals surface area contributed by atoms with E-state index in [1.165, 1.54) is 6.08 Å². The predicted octanol–water partition coefficient (Wildman–Crippen LogP) is 4.77. The minimum absolute atomic E-state index is 0.147. The average Bonchev–Trinajstić information content (AvgIpc) is 3.01. The number of amides is 1. The van der Waals surface area contributed by atoms with Gasteiger partial charge in [0.05, 0.1) is 10.7 Å². The smallest absolute Gasteiger partial charge is 0.248 e. The predicted molar refractivity (Wildman–Crippen MR) is 96.4 cm³/mol. The van der Waals surface area contributed by atoms with Crippen LogP contribution in [0.1, 0.15) is 10.6 Å². The van der Waals surface area contributed by atoms with Crippen LogP contribution < -0.4 is 5.32 Å². The van der Waals surface area contributed by atoms with E-state index in [1.54, 1.807) is 17.4 Å². The Balaban J connectivity index is 1.64. The van der Waals surface area contributed by atoms with Gasteiger partial charge in [0.15, 0.2) is 0 Å². The van der Waals surface area contributed by atoms with Gasteiger partial charge >= 0.3 is 0 Å². The minimum atomic E-state index is -0.147. The fourth-order valence-electron chi connectivity index (χ4n) is 2.14. The summed E-state index contributed by atoms with van der Waals surface area (Å²) in [4.78, 5) is 16.4. The third kappa shape index (κ3) is 4.14. The topological polar surface area (TPSA) is 42.0 Å². The maximum absolute atomic E-state index is 11.9. The van der Waals surface area contributed by atoms with E-state index in [4.69, 9.17) is 0 Å². The molecule has 0 unspecified atom stereocenters. The molecule has 0 radical (unpaired) electrons. The number of aromatic nitrogens is 1. The molecule has 1 aromatic heterocycles. The molecule has 3 nitrogen and oxygen atoms in total. The maximum Gasteiger partial charge on any atom is 0.248 e. The van der Waals surface area contributed by atoms with Gasteiger partial charge in [0, 0.05) is 22.7 Å². The first-order valence-electron chi connectivity index (χ1n) is 7.27. The molecular weight excluding hydrogens is 304 g/mol. The highest BCUT2D eigenvalue weighted by Crippen LogP contribution is 2.23. The largest absolute Gasteiger partial charge is 0.323 e. The van der Waals surface area contributed by atoms with Crippen molar-refractivity contribution in [3.05, 3.63) is 76.6 Å². The molecule has 0 spiro atoms. The van der Waals surface area contributed by atoms with Gasteiger partial charge in [0.2, 0.25) is 5.91 Å². The number of carbonyl (C=O) groups is 1. The van der Waals surface area contributed by atoms with Gasteiger partial charge in [0.25, 0.3) is 0 Å². The number of hydrogen-bond acceptors (Lipinski definition) is 3. The Morgan fingerprint density at radius 1 is 1.09 bits per heavy atom. The fraction of sp³-hybridized carbons (Fsp3) is 0.0526. The molecule has 0 aliphatic carbocycles. The number of thiazole rings is 1. The van der Waals surface area contributed by atoms with Gasteiger partial charge in [-0.2, -0.15) is 0 Å². The first-order chi connectivity index (χ1) is 11.2.